The summed E-state index contributed by atoms with van der Waals surface area (Å²) in [7, 11) is -0.943. The van der Waals surface area contributed by atoms with Gasteiger partial charge in [-0.3, -0.25) is 0 Å². The molecule has 254 valence electrons. The first kappa shape index (κ1) is 34.8. The van der Waals surface area contributed by atoms with E-state index in [4.69, 9.17) is 26.1 Å². The number of aryl methyl sites for hydroxylation is 2. The van der Waals surface area contributed by atoms with Crippen molar-refractivity contribution in [2.24, 2.45) is 5.41 Å². The predicted octanol–water partition coefficient (Wildman–Crippen LogP) is 7.89. The molecule has 0 saturated carbocycles. The molecule has 2 saturated heterocycles. The molecule has 2 aliphatic rings. The minimum absolute atomic E-state index is 0.159. The number of hydrogen-bond donors (Lipinski definition) is 2. The Morgan fingerprint density at radius 2 is 1.77 bits per heavy atom. The van der Waals surface area contributed by atoms with Gasteiger partial charge in [-0.15, -0.1) is 0 Å². The summed E-state index contributed by atoms with van der Waals surface area (Å²) in [5.41, 5.74) is 5.53. The van der Waals surface area contributed by atoms with E-state index in [0.29, 0.717) is 28.2 Å². The Morgan fingerprint density at radius 1 is 1.09 bits per heavy atom. The number of aromatic nitrogens is 2. The van der Waals surface area contributed by atoms with Crippen LogP contribution in [0.1, 0.15) is 57.2 Å². The topological polar surface area (TPSA) is 109 Å². The molecular weight excluding hydrogens is 635 g/mol. The van der Waals surface area contributed by atoms with Crippen LogP contribution in [0.25, 0.3) is 0 Å². The molecule has 2 fully saturated rings. The third kappa shape index (κ3) is 7.65. The van der Waals surface area contributed by atoms with E-state index >= 15 is 0 Å². The smallest absolute Gasteiger partial charge is 0.410 e. The van der Waals surface area contributed by atoms with Gasteiger partial charge in [0.1, 0.15) is 23.5 Å². The van der Waals surface area contributed by atoms with Crippen LogP contribution in [0.4, 0.5) is 33.6 Å². The van der Waals surface area contributed by atoms with Crippen LogP contribution in [0.15, 0.2) is 30.5 Å². The van der Waals surface area contributed by atoms with Gasteiger partial charge in [0.25, 0.3) is 0 Å². The van der Waals surface area contributed by atoms with Gasteiger partial charge in [0.15, 0.2) is 5.82 Å². The second-order valence-corrected chi connectivity index (χ2v) is 17.8. The van der Waals surface area contributed by atoms with Gasteiger partial charge in [0.05, 0.1) is 24.7 Å². The molecule has 2 N–H and O–H groups in total. The zero-order chi connectivity index (χ0) is 34.3. The molecule has 0 unspecified atom stereocenters. The maximum Gasteiger partial charge on any atom is 0.410 e. The van der Waals surface area contributed by atoms with Crippen molar-refractivity contribution < 1.29 is 18.8 Å². The van der Waals surface area contributed by atoms with Crippen molar-refractivity contribution >= 4 is 59.0 Å². The van der Waals surface area contributed by atoms with Gasteiger partial charge in [-0.1, -0.05) is 24.6 Å². The molecule has 3 aromatic rings. The van der Waals surface area contributed by atoms with Crippen LogP contribution < -0.4 is 25.6 Å². The molecule has 0 atom stereocenters. The van der Waals surface area contributed by atoms with Crippen molar-refractivity contribution in [2.45, 2.75) is 66.4 Å². The number of likely N-dealkylation sites (tertiary alicyclic amines) is 1. The predicted molar refractivity (Wildman–Crippen MR) is 193 cm³/mol. The summed E-state index contributed by atoms with van der Waals surface area (Å²) >= 11 is 6.54. The molecule has 1 amide bonds. The van der Waals surface area contributed by atoms with Gasteiger partial charge < -0.3 is 34.5 Å². The molecule has 1 spiro atoms. The van der Waals surface area contributed by atoms with E-state index in [-0.39, 0.29) is 11.5 Å². The third-order valence-corrected chi connectivity index (χ3v) is 11.1. The van der Waals surface area contributed by atoms with Gasteiger partial charge >= 0.3 is 6.09 Å². The minimum atomic E-state index is -2.60. The molecule has 10 nitrogen and oxygen atoms in total. The van der Waals surface area contributed by atoms with E-state index in [1.807, 2.05) is 51.7 Å². The average Bonchev–Trinajstić information content (AvgIpc) is 2.97. The molecule has 0 radical (unpaired) electrons. The first-order chi connectivity index (χ1) is 22.0. The molecule has 0 bridgehead atoms. The summed E-state index contributed by atoms with van der Waals surface area (Å²) in [6.45, 7) is 18.7. The number of carbonyl (C=O) groups is 1. The van der Waals surface area contributed by atoms with E-state index in [2.05, 4.69) is 39.6 Å². The number of hydrogen-bond acceptors (Lipinski definition) is 9. The number of anilines is 5. The lowest BCUT2D eigenvalue weighted by molar-refractivity contribution is -0.0434. The highest BCUT2D eigenvalue weighted by atomic mass is 35.5. The Hall–Kier alpha value is -3.49. The third-order valence-electron chi connectivity index (χ3n) is 9.13. The van der Waals surface area contributed by atoms with Crippen LogP contribution >= 0.6 is 18.7 Å². The van der Waals surface area contributed by atoms with Crippen molar-refractivity contribution in [1.82, 2.24) is 14.9 Å². The zero-order valence-electron chi connectivity index (χ0n) is 29.1. The van der Waals surface area contributed by atoms with Crippen LogP contribution in [0.2, 0.25) is 5.02 Å². The fourth-order valence-corrected chi connectivity index (χ4v) is 8.41. The minimum Gasteiger partial charge on any atom is -0.494 e. The van der Waals surface area contributed by atoms with E-state index in [0.717, 1.165) is 73.2 Å². The number of amides is 1. The molecule has 3 heterocycles. The number of piperidine rings is 1. The van der Waals surface area contributed by atoms with Gasteiger partial charge in [-0.2, -0.15) is 4.98 Å². The lowest BCUT2D eigenvalue weighted by Gasteiger charge is -2.54. The number of benzene rings is 2. The van der Waals surface area contributed by atoms with E-state index in [1.54, 1.807) is 26.6 Å². The number of halogens is 1. The van der Waals surface area contributed by atoms with E-state index < -0.39 is 12.7 Å². The van der Waals surface area contributed by atoms with Crippen molar-refractivity contribution in [3.8, 4) is 5.75 Å². The standard InChI is InChI=1S/C35H48ClN6O4P/c1-10-24-17-27(39-32-37-19-25(36)31(40-32)38-26-12-11-22(2)23(3)30(26)47(8,9)44)29(45-7)18-28(24)41-15-13-35(14-16-41)20-42(21-35)33(43)46-34(4,5)6/h11-12,17-19H,10,13-16,20-21H2,1-9H3,(H2,37,38,39,40). The Kier molecular flexibility index (Phi) is 9.78. The summed E-state index contributed by atoms with van der Waals surface area (Å²) in [5.74, 6) is 1.45. The molecular formula is C35H48ClN6O4P. The summed E-state index contributed by atoms with van der Waals surface area (Å²) in [6, 6.07) is 8.10. The Labute approximate surface area is 284 Å². The largest absolute Gasteiger partial charge is 0.494 e. The van der Waals surface area contributed by atoms with Gasteiger partial charge in [-0.05, 0) is 96.0 Å². The molecule has 12 heteroatoms. The van der Waals surface area contributed by atoms with Crippen molar-refractivity contribution in [1.29, 1.82) is 0 Å². The number of carbonyl (C=O) groups excluding carboxylic acids is 1. The van der Waals surface area contributed by atoms with Crippen molar-refractivity contribution in [2.75, 3.05) is 62.2 Å². The van der Waals surface area contributed by atoms with Gasteiger partial charge in [-0.25, -0.2) is 9.78 Å². The maximum absolute atomic E-state index is 13.2. The Morgan fingerprint density at radius 3 is 2.36 bits per heavy atom. The highest BCUT2D eigenvalue weighted by Gasteiger charge is 2.48. The average molecular weight is 683 g/mol. The number of nitrogens with one attached hydrogen (secondary N) is 2. The first-order valence-corrected chi connectivity index (χ1v) is 19.2. The monoisotopic (exact) mass is 682 g/mol. The van der Waals surface area contributed by atoms with Crippen LogP contribution in [0, 0.1) is 19.3 Å². The second kappa shape index (κ2) is 13.2. The first-order valence-electron chi connectivity index (χ1n) is 16.2. The van der Waals surface area contributed by atoms with Crippen molar-refractivity contribution in [3.63, 3.8) is 0 Å². The summed E-state index contributed by atoms with van der Waals surface area (Å²) in [6.07, 6.45) is 4.19. The summed E-state index contributed by atoms with van der Waals surface area (Å²) in [4.78, 5) is 25.9. The van der Waals surface area contributed by atoms with Crippen LogP contribution in [0.3, 0.4) is 0 Å². The molecule has 1 aromatic heterocycles. The Bertz CT molecular complexity index is 1700. The number of rotatable bonds is 8. The summed E-state index contributed by atoms with van der Waals surface area (Å²) in [5, 5.41) is 7.79. The van der Waals surface area contributed by atoms with Gasteiger partial charge in [0, 0.05) is 48.7 Å². The Balaban J connectivity index is 1.32. The van der Waals surface area contributed by atoms with Crippen molar-refractivity contribution in [3.05, 3.63) is 52.2 Å². The van der Waals surface area contributed by atoms with E-state index in [9.17, 15) is 9.36 Å². The number of methoxy groups -OCH3 is 1. The SMILES string of the molecule is CCc1cc(Nc2ncc(Cl)c(Nc3ccc(C)c(C)c3P(C)(C)=O)n2)c(OC)cc1N1CCC2(CC1)CN(C(=O)OC(C)(C)C)C2. The molecule has 5 rings (SSSR count). The number of nitrogens with zero attached hydrogens (tertiary/aromatic N) is 4. The van der Waals surface area contributed by atoms with E-state index in [1.165, 1.54) is 5.56 Å². The quantitative estimate of drug-likeness (QED) is 0.229. The van der Waals surface area contributed by atoms with Crippen LogP contribution in [-0.4, -0.2) is 73.2 Å². The fraction of sp³-hybridized carbons (Fsp3) is 0.514. The maximum atomic E-state index is 13.2. The summed E-state index contributed by atoms with van der Waals surface area (Å²) < 4.78 is 24.7. The molecule has 2 aromatic carbocycles. The van der Waals surface area contributed by atoms with Gasteiger partial charge in [0.2, 0.25) is 5.95 Å². The highest BCUT2D eigenvalue weighted by molar-refractivity contribution is 7.70. The highest BCUT2D eigenvalue weighted by Crippen LogP contribution is 2.44. The lowest BCUT2D eigenvalue weighted by atomic mass is 9.72. The molecule has 0 aliphatic carbocycles. The molecule has 47 heavy (non-hydrogen) atoms. The lowest BCUT2D eigenvalue weighted by Crippen LogP contribution is -2.62. The number of ether oxygens (including phenoxy) is 2. The second-order valence-electron chi connectivity index (χ2n) is 14.3. The zero-order valence-corrected chi connectivity index (χ0v) is 30.7. The normalized spacial score (nSPS) is 16.1. The van der Waals surface area contributed by atoms with Crippen LogP contribution in [0.5, 0.6) is 5.75 Å². The van der Waals surface area contributed by atoms with Crippen LogP contribution in [-0.2, 0) is 15.7 Å². The fourth-order valence-electron chi connectivity index (χ4n) is 6.57. The molecule has 2 aliphatic heterocycles.